The molecule has 1 aromatic carbocycles. The van der Waals surface area contributed by atoms with Gasteiger partial charge in [-0.3, -0.25) is 4.90 Å². The van der Waals surface area contributed by atoms with Gasteiger partial charge in [-0.05, 0) is 31.0 Å². The predicted octanol–water partition coefficient (Wildman–Crippen LogP) is 1.76. The normalized spacial score (nSPS) is 25.3. The van der Waals surface area contributed by atoms with E-state index in [0.29, 0.717) is 11.7 Å². The van der Waals surface area contributed by atoms with Gasteiger partial charge in [0, 0.05) is 38.3 Å². The minimum atomic E-state index is -0.160. The first-order chi connectivity index (χ1) is 10.1. The molecule has 3 rings (SSSR count). The van der Waals surface area contributed by atoms with Gasteiger partial charge in [0.15, 0.2) is 0 Å². The predicted molar refractivity (Wildman–Crippen MR) is 82.0 cm³/mol. The number of morpholine rings is 1. The lowest BCUT2D eigenvalue weighted by Crippen LogP contribution is -2.44. The van der Waals surface area contributed by atoms with Crippen molar-refractivity contribution in [1.82, 2.24) is 4.90 Å². The van der Waals surface area contributed by atoms with E-state index in [1.165, 1.54) is 0 Å². The van der Waals surface area contributed by atoms with Crippen LogP contribution in [-0.2, 0) is 4.74 Å². The van der Waals surface area contributed by atoms with Crippen LogP contribution in [0, 0.1) is 5.82 Å². The van der Waals surface area contributed by atoms with Gasteiger partial charge in [0.05, 0.1) is 18.9 Å². The summed E-state index contributed by atoms with van der Waals surface area (Å²) in [7, 11) is 0. The number of nitrogens with two attached hydrogens (primary N) is 1. The van der Waals surface area contributed by atoms with Crippen molar-refractivity contribution in [1.29, 1.82) is 0 Å². The second-order valence-corrected chi connectivity index (χ2v) is 6.04. The zero-order valence-corrected chi connectivity index (χ0v) is 12.6. The van der Waals surface area contributed by atoms with Gasteiger partial charge in [0.25, 0.3) is 0 Å². The second-order valence-electron chi connectivity index (χ2n) is 6.04. The molecular formula is C16H24FN3O. The third-order valence-corrected chi connectivity index (χ3v) is 4.56. The van der Waals surface area contributed by atoms with Crippen LogP contribution in [-0.4, -0.2) is 50.3 Å². The molecule has 21 heavy (non-hydrogen) atoms. The van der Waals surface area contributed by atoms with Crippen molar-refractivity contribution in [3.8, 4) is 0 Å². The molecule has 0 radical (unpaired) electrons. The number of hydrogen-bond donors (Lipinski definition) is 1. The molecule has 0 bridgehead atoms. The molecule has 5 heteroatoms. The average Bonchev–Trinajstić information content (AvgIpc) is 2.97. The van der Waals surface area contributed by atoms with Crippen molar-refractivity contribution in [2.45, 2.75) is 25.4 Å². The highest BCUT2D eigenvalue weighted by Crippen LogP contribution is 2.27. The van der Waals surface area contributed by atoms with Crippen LogP contribution in [0.5, 0.6) is 0 Å². The van der Waals surface area contributed by atoms with Gasteiger partial charge in [0.2, 0.25) is 0 Å². The fourth-order valence-corrected chi connectivity index (χ4v) is 3.26. The summed E-state index contributed by atoms with van der Waals surface area (Å²) in [6, 6.07) is 5.76. The molecule has 2 aliphatic rings. The first-order valence-corrected chi connectivity index (χ1v) is 7.77. The highest BCUT2D eigenvalue weighted by molar-refractivity contribution is 5.50. The van der Waals surface area contributed by atoms with Crippen LogP contribution in [0.2, 0.25) is 0 Å². The van der Waals surface area contributed by atoms with E-state index in [1.807, 2.05) is 19.1 Å². The molecule has 2 fully saturated rings. The Morgan fingerprint density at radius 2 is 2.05 bits per heavy atom. The summed E-state index contributed by atoms with van der Waals surface area (Å²) in [5, 5.41) is 0. The van der Waals surface area contributed by atoms with Crippen LogP contribution in [0.4, 0.5) is 10.1 Å². The Bertz CT molecular complexity index is 488. The lowest BCUT2D eigenvalue weighted by atomic mass is 10.1. The van der Waals surface area contributed by atoms with Crippen LogP contribution < -0.4 is 10.6 Å². The van der Waals surface area contributed by atoms with Gasteiger partial charge < -0.3 is 15.4 Å². The van der Waals surface area contributed by atoms with Crippen LogP contribution >= 0.6 is 0 Å². The molecule has 2 aliphatic heterocycles. The minimum absolute atomic E-state index is 0.131. The molecule has 116 valence electrons. The SMILES string of the molecule is C[C@@H](N)c1ccc(N2CCC(N3CCOCC3)C2)c(F)c1. The Balaban J connectivity index is 1.68. The maximum absolute atomic E-state index is 14.3. The number of nitrogens with zero attached hydrogens (tertiary/aromatic N) is 2. The maximum Gasteiger partial charge on any atom is 0.146 e. The Morgan fingerprint density at radius 1 is 1.29 bits per heavy atom. The first-order valence-electron chi connectivity index (χ1n) is 7.77. The van der Waals surface area contributed by atoms with Crippen LogP contribution in [0.25, 0.3) is 0 Å². The summed E-state index contributed by atoms with van der Waals surface area (Å²) in [5.74, 6) is -0.160. The van der Waals surface area contributed by atoms with E-state index in [1.54, 1.807) is 6.07 Å². The van der Waals surface area contributed by atoms with E-state index >= 15 is 0 Å². The third-order valence-electron chi connectivity index (χ3n) is 4.56. The van der Waals surface area contributed by atoms with Crippen molar-refractivity contribution in [3.05, 3.63) is 29.6 Å². The quantitative estimate of drug-likeness (QED) is 0.922. The lowest BCUT2D eigenvalue weighted by molar-refractivity contribution is 0.0209. The average molecular weight is 293 g/mol. The van der Waals surface area contributed by atoms with Gasteiger partial charge in [-0.15, -0.1) is 0 Å². The molecular weight excluding hydrogens is 269 g/mol. The molecule has 2 heterocycles. The number of anilines is 1. The fraction of sp³-hybridized carbons (Fsp3) is 0.625. The summed E-state index contributed by atoms with van der Waals surface area (Å²) < 4.78 is 19.7. The largest absolute Gasteiger partial charge is 0.379 e. The monoisotopic (exact) mass is 293 g/mol. The molecule has 4 nitrogen and oxygen atoms in total. The van der Waals surface area contributed by atoms with Gasteiger partial charge in [-0.1, -0.05) is 6.07 Å². The van der Waals surface area contributed by atoms with Crippen molar-refractivity contribution >= 4 is 5.69 Å². The molecule has 2 atom stereocenters. The number of ether oxygens (including phenoxy) is 1. The molecule has 1 aromatic rings. The number of benzene rings is 1. The van der Waals surface area contributed by atoms with Crippen molar-refractivity contribution in [2.24, 2.45) is 5.73 Å². The van der Waals surface area contributed by atoms with E-state index in [-0.39, 0.29) is 11.9 Å². The minimum Gasteiger partial charge on any atom is -0.379 e. The van der Waals surface area contributed by atoms with Gasteiger partial charge in [-0.25, -0.2) is 4.39 Å². The van der Waals surface area contributed by atoms with Crippen LogP contribution in [0.3, 0.4) is 0 Å². The molecule has 0 amide bonds. The Hall–Kier alpha value is -1.17. The number of rotatable bonds is 3. The van der Waals surface area contributed by atoms with Crippen molar-refractivity contribution in [3.63, 3.8) is 0 Å². The summed E-state index contributed by atoms with van der Waals surface area (Å²) >= 11 is 0. The highest BCUT2D eigenvalue weighted by Gasteiger charge is 2.29. The highest BCUT2D eigenvalue weighted by atomic mass is 19.1. The first kappa shape index (κ1) is 14.8. The fourth-order valence-electron chi connectivity index (χ4n) is 3.26. The molecule has 0 aliphatic carbocycles. The standard InChI is InChI=1S/C16H24FN3O/c1-12(18)13-2-3-16(15(17)10-13)20-5-4-14(11-20)19-6-8-21-9-7-19/h2-3,10,12,14H,4-9,11,18H2,1H3/t12-,14?/m1/s1. The smallest absolute Gasteiger partial charge is 0.146 e. The summed E-state index contributed by atoms with van der Waals surface area (Å²) in [5.41, 5.74) is 7.36. The molecule has 1 unspecified atom stereocenters. The second kappa shape index (κ2) is 6.30. The van der Waals surface area contributed by atoms with E-state index in [9.17, 15) is 4.39 Å². The maximum atomic E-state index is 14.3. The Labute approximate surface area is 125 Å². The van der Waals surface area contributed by atoms with Crippen molar-refractivity contribution in [2.75, 3.05) is 44.3 Å². The zero-order chi connectivity index (χ0) is 14.8. The lowest BCUT2D eigenvalue weighted by Gasteiger charge is -2.32. The van der Waals surface area contributed by atoms with E-state index in [4.69, 9.17) is 10.5 Å². The summed E-state index contributed by atoms with van der Waals surface area (Å²) in [6.45, 7) is 7.29. The van der Waals surface area contributed by atoms with Crippen molar-refractivity contribution < 1.29 is 9.13 Å². The molecule has 0 saturated carbocycles. The van der Waals surface area contributed by atoms with Gasteiger partial charge in [-0.2, -0.15) is 0 Å². The van der Waals surface area contributed by atoms with Gasteiger partial charge in [0.1, 0.15) is 5.82 Å². The number of halogens is 1. The van der Waals surface area contributed by atoms with Gasteiger partial charge >= 0.3 is 0 Å². The summed E-state index contributed by atoms with van der Waals surface area (Å²) in [6.07, 6.45) is 1.09. The Morgan fingerprint density at radius 3 is 2.71 bits per heavy atom. The molecule has 0 spiro atoms. The van der Waals surface area contributed by atoms with E-state index in [0.717, 1.165) is 51.4 Å². The summed E-state index contributed by atoms with van der Waals surface area (Å²) in [4.78, 5) is 4.62. The third kappa shape index (κ3) is 3.20. The topological polar surface area (TPSA) is 41.7 Å². The zero-order valence-electron chi connectivity index (χ0n) is 12.6. The number of hydrogen-bond acceptors (Lipinski definition) is 4. The van der Waals surface area contributed by atoms with Crippen LogP contribution in [0.1, 0.15) is 24.9 Å². The molecule has 2 N–H and O–H groups in total. The van der Waals surface area contributed by atoms with Crippen LogP contribution in [0.15, 0.2) is 18.2 Å². The van der Waals surface area contributed by atoms with E-state index in [2.05, 4.69) is 9.80 Å². The van der Waals surface area contributed by atoms with E-state index < -0.39 is 0 Å². The Kier molecular flexibility index (Phi) is 4.42. The molecule has 2 saturated heterocycles. The molecule has 0 aromatic heterocycles.